The Morgan fingerprint density at radius 1 is 1.53 bits per heavy atom. The maximum absolute atomic E-state index is 11.2. The molecule has 86 valence electrons. The molecule has 0 bridgehead atoms. The van der Waals surface area contributed by atoms with Crippen molar-refractivity contribution in [1.82, 2.24) is 0 Å². The molecule has 0 rings (SSSR count). The van der Waals surface area contributed by atoms with Crippen molar-refractivity contribution in [2.75, 3.05) is 0 Å². The van der Waals surface area contributed by atoms with Crippen LogP contribution in [0.2, 0.25) is 0 Å². The molecule has 3 nitrogen and oxygen atoms in total. The largest absolute Gasteiger partial charge is 0.455 e. The predicted molar refractivity (Wildman–Crippen MR) is 59.4 cm³/mol. The minimum absolute atomic E-state index is 0.249. The van der Waals surface area contributed by atoms with Crippen LogP contribution in [0.15, 0.2) is 12.7 Å². The minimum Gasteiger partial charge on any atom is -0.455 e. The van der Waals surface area contributed by atoms with E-state index in [-0.39, 0.29) is 5.92 Å². The van der Waals surface area contributed by atoms with E-state index >= 15 is 0 Å². The molecule has 0 spiro atoms. The van der Waals surface area contributed by atoms with E-state index in [2.05, 4.69) is 6.58 Å². The fraction of sp³-hybridized carbons (Fsp3) is 0.667. The summed E-state index contributed by atoms with van der Waals surface area (Å²) >= 11 is 0. The van der Waals surface area contributed by atoms with E-state index in [1.54, 1.807) is 6.92 Å². The second kappa shape index (κ2) is 6.38. The van der Waals surface area contributed by atoms with Gasteiger partial charge < -0.3 is 9.53 Å². The van der Waals surface area contributed by atoms with Gasteiger partial charge in [0.15, 0.2) is 0 Å². The van der Waals surface area contributed by atoms with Gasteiger partial charge in [-0.2, -0.15) is 0 Å². The van der Waals surface area contributed by atoms with Crippen LogP contribution in [0.5, 0.6) is 0 Å². The van der Waals surface area contributed by atoms with Crippen LogP contribution >= 0.6 is 0 Å². The fourth-order valence-corrected chi connectivity index (χ4v) is 1.75. The summed E-state index contributed by atoms with van der Waals surface area (Å²) in [6.45, 7) is 9.07. The minimum atomic E-state index is -0.698. The van der Waals surface area contributed by atoms with Gasteiger partial charge in [0.1, 0.15) is 11.9 Å². The van der Waals surface area contributed by atoms with Gasteiger partial charge in [-0.25, -0.2) is 4.79 Å². The summed E-state index contributed by atoms with van der Waals surface area (Å²) < 4.78 is 5.28. The molecule has 0 aliphatic rings. The lowest BCUT2D eigenvalue weighted by Gasteiger charge is -2.33. The van der Waals surface area contributed by atoms with Crippen molar-refractivity contribution in [3.05, 3.63) is 12.7 Å². The summed E-state index contributed by atoms with van der Waals surface area (Å²) in [5, 5.41) is 0. The Hall–Kier alpha value is -1.12. The number of aldehydes is 1. The lowest BCUT2D eigenvalue weighted by atomic mass is 9.84. The summed E-state index contributed by atoms with van der Waals surface area (Å²) in [5.41, 5.74) is -0.698. The Balaban J connectivity index is 4.76. The smallest absolute Gasteiger partial charge is 0.330 e. The Labute approximate surface area is 91.5 Å². The Morgan fingerprint density at radius 3 is 2.47 bits per heavy atom. The Bertz CT molecular complexity index is 235. The third-order valence-electron chi connectivity index (χ3n) is 2.64. The van der Waals surface area contributed by atoms with Gasteiger partial charge in [0.05, 0.1) is 5.92 Å². The Morgan fingerprint density at radius 2 is 2.13 bits per heavy atom. The van der Waals surface area contributed by atoms with Gasteiger partial charge in [0.25, 0.3) is 0 Å². The highest BCUT2D eigenvalue weighted by atomic mass is 16.6. The maximum atomic E-state index is 11.2. The molecule has 0 aliphatic heterocycles. The van der Waals surface area contributed by atoms with Crippen LogP contribution in [0.25, 0.3) is 0 Å². The zero-order valence-corrected chi connectivity index (χ0v) is 9.79. The molecule has 2 atom stereocenters. The van der Waals surface area contributed by atoms with Crippen molar-refractivity contribution in [3.8, 4) is 0 Å². The molecular weight excluding hydrogens is 192 g/mol. The van der Waals surface area contributed by atoms with Crippen LogP contribution in [0, 0.1) is 5.92 Å². The number of esters is 1. The van der Waals surface area contributed by atoms with Crippen LogP contribution in [-0.2, 0) is 14.3 Å². The fourth-order valence-electron chi connectivity index (χ4n) is 1.75. The third-order valence-corrected chi connectivity index (χ3v) is 2.64. The van der Waals surface area contributed by atoms with E-state index in [1.807, 2.05) is 13.8 Å². The quantitative estimate of drug-likeness (QED) is 0.370. The molecule has 0 saturated heterocycles. The zero-order valence-electron chi connectivity index (χ0n) is 9.79. The van der Waals surface area contributed by atoms with Crippen molar-refractivity contribution in [2.24, 2.45) is 5.92 Å². The predicted octanol–water partition coefficient (Wildman–Crippen LogP) is 2.50. The monoisotopic (exact) mass is 212 g/mol. The number of carbonyl (C=O) groups is 2. The molecule has 0 aromatic rings. The van der Waals surface area contributed by atoms with Crippen LogP contribution in [0.3, 0.4) is 0 Å². The summed E-state index contributed by atoms with van der Waals surface area (Å²) in [6.07, 6.45) is 4.22. The van der Waals surface area contributed by atoms with Crippen molar-refractivity contribution >= 4 is 12.3 Å². The second-order valence-electron chi connectivity index (χ2n) is 3.84. The first-order valence-corrected chi connectivity index (χ1v) is 5.34. The van der Waals surface area contributed by atoms with Crippen molar-refractivity contribution in [1.29, 1.82) is 0 Å². The van der Waals surface area contributed by atoms with Crippen molar-refractivity contribution < 1.29 is 14.3 Å². The van der Waals surface area contributed by atoms with E-state index in [9.17, 15) is 9.59 Å². The van der Waals surface area contributed by atoms with Gasteiger partial charge in [-0.15, -0.1) is 0 Å². The molecule has 3 heteroatoms. The number of hydrogen-bond donors (Lipinski definition) is 0. The van der Waals surface area contributed by atoms with E-state index in [1.165, 1.54) is 0 Å². The van der Waals surface area contributed by atoms with E-state index in [0.717, 1.165) is 18.8 Å². The number of ether oxygens (including phenoxy) is 1. The first-order valence-electron chi connectivity index (χ1n) is 5.34. The Kier molecular flexibility index (Phi) is 5.90. The molecule has 0 aromatic heterocycles. The van der Waals surface area contributed by atoms with Gasteiger partial charge in [0.2, 0.25) is 0 Å². The highest BCUT2D eigenvalue weighted by molar-refractivity contribution is 5.81. The summed E-state index contributed by atoms with van der Waals surface area (Å²) in [4.78, 5) is 22.1. The molecule has 0 N–H and O–H groups in total. The SMILES string of the molecule is C=CC(=O)OC(C)(CCC)C(C=O)CC. The third kappa shape index (κ3) is 3.86. The molecule has 0 heterocycles. The highest BCUT2D eigenvalue weighted by Gasteiger charge is 2.35. The number of rotatable bonds is 7. The standard InChI is InChI=1S/C12H20O3/c1-5-8-12(4,10(6-2)9-13)15-11(14)7-3/h7,9-10H,3,5-6,8H2,1-2,4H3. The van der Waals surface area contributed by atoms with Gasteiger partial charge >= 0.3 is 5.97 Å². The van der Waals surface area contributed by atoms with E-state index in [0.29, 0.717) is 12.8 Å². The van der Waals surface area contributed by atoms with Gasteiger partial charge in [-0.3, -0.25) is 0 Å². The molecule has 0 aromatic carbocycles. The normalized spacial score (nSPS) is 16.2. The molecule has 0 amide bonds. The second-order valence-corrected chi connectivity index (χ2v) is 3.84. The lowest BCUT2D eigenvalue weighted by Crippen LogP contribution is -2.40. The van der Waals surface area contributed by atoms with Crippen LogP contribution < -0.4 is 0 Å². The van der Waals surface area contributed by atoms with Gasteiger partial charge in [0, 0.05) is 6.08 Å². The number of carbonyl (C=O) groups excluding carboxylic acids is 2. The molecule has 0 fully saturated rings. The average molecular weight is 212 g/mol. The van der Waals surface area contributed by atoms with Gasteiger partial charge in [-0.05, 0) is 19.8 Å². The molecule has 2 unspecified atom stereocenters. The average Bonchev–Trinajstić information content (AvgIpc) is 2.19. The van der Waals surface area contributed by atoms with Crippen LogP contribution in [0.4, 0.5) is 0 Å². The molecule has 0 aliphatic carbocycles. The topological polar surface area (TPSA) is 43.4 Å². The summed E-state index contributed by atoms with van der Waals surface area (Å²) in [7, 11) is 0. The zero-order chi connectivity index (χ0) is 11.9. The summed E-state index contributed by atoms with van der Waals surface area (Å²) in [5.74, 6) is -0.715. The molecule has 0 saturated carbocycles. The highest BCUT2D eigenvalue weighted by Crippen LogP contribution is 2.28. The molecule has 15 heavy (non-hydrogen) atoms. The molecule has 0 radical (unpaired) electrons. The van der Waals surface area contributed by atoms with Crippen LogP contribution in [-0.4, -0.2) is 17.9 Å². The van der Waals surface area contributed by atoms with Crippen molar-refractivity contribution in [2.45, 2.75) is 45.6 Å². The first kappa shape index (κ1) is 13.9. The van der Waals surface area contributed by atoms with Crippen molar-refractivity contribution in [3.63, 3.8) is 0 Å². The number of hydrogen-bond acceptors (Lipinski definition) is 3. The van der Waals surface area contributed by atoms with Gasteiger partial charge in [-0.1, -0.05) is 26.8 Å². The molecular formula is C12H20O3. The van der Waals surface area contributed by atoms with Crippen LogP contribution in [0.1, 0.15) is 40.0 Å². The first-order chi connectivity index (χ1) is 7.03. The van der Waals surface area contributed by atoms with E-state index < -0.39 is 11.6 Å². The maximum Gasteiger partial charge on any atom is 0.330 e. The van der Waals surface area contributed by atoms with E-state index in [4.69, 9.17) is 4.74 Å². The lowest BCUT2D eigenvalue weighted by molar-refractivity contribution is -0.159. The summed E-state index contributed by atoms with van der Waals surface area (Å²) in [6, 6.07) is 0.